The smallest absolute Gasteiger partial charge is 0.332 e. The molecule has 2 fully saturated rings. The number of cyclic esters (lactones) is 1. The number of nitrogens with zero attached hydrogens (tertiary/aromatic N) is 5. The first-order chi connectivity index (χ1) is 40.1. The van der Waals surface area contributed by atoms with E-state index in [4.69, 9.17) is 4.74 Å². The number of ether oxygens (including phenoxy) is 1. The summed E-state index contributed by atoms with van der Waals surface area (Å²) in [5, 5.41) is 22.4. The molecule has 0 saturated carbocycles. The molecule has 0 aromatic heterocycles. The molecule has 4 aromatic rings. The molecule has 85 heavy (non-hydrogen) atoms. The number of benzene rings is 4. The van der Waals surface area contributed by atoms with Crippen molar-refractivity contribution < 1.29 is 53.0 Å². The lowest BCUT2D eigenvalue weighted by Crippen LogP contribution is -2.62. The van der Waals surface area contributed by atoms with Crippen molar-refractivity contribution >= 4 is 64.0 Å². The number of amides is 8. The van der Waals surface area contributed by atoms with Crippen LogP contribution in [0.15, 0.2) is 97.1 Å². The van der Waals surface area contributed by atoms with E-state index >= 15 is 9.59 Å². The molecule has 2 heterocycles. The van der Waals surface area contributed by atoms with E-state index in [2.05, 4.69) is 22.0 Å². The van der Waals surface area contributed by atoms with Gasteiger partial charge in [-0.05, 0) is 104 Å². The molecule has 4 N–H and O–H groups in total. The van der Waals surface area contributed by atoms with Gasteiger partial charge in [-0.3, -0.25) is 38.4 Å². The summed E-state index contributed by atoms with van der Waals surface area (Å²) in [5.74, 6) is -7.77. The number of likely N-dealkylation sites (N-methyl/N-ethyl adjacent to an activating group) is 4. The molecule has 19 nitrogen and oxygen atoms in total. The molecule has 0 radical (unpaired) electrons. The maximum Gasteiger partial charge on any atom is 0.332 e. The van der Waals surface area contributed by atoms with Crippen molar-refractivity contribution in [1.82, 2.24) is 40.4 Å². The topological polar surface area (TPSA) is 235 Å². The fraction of sp³-hybridized carbons (Fsp3) is 0.530. The number of aliphatic hydroxyl groups is 1. The highest BCUT2D eigenvalue weighted by Crippen LogP contribution is 2.29. The highest BCUT2D eigenvalue weighted by molar-refractivity contribution is 5.99. The first-order valence-electron chi connectivity index (χ1n) is 29.9. The van der Waals surface area contributed by atoms with Crippen LogP contribution in [0.2, 0.25) is 0 Å². The van der Waals surface area contributed by atoms with Gasteiger partial charge in [0.15, 0.2) is 12.1 Å². The van der Waals surface area contributed by atoms with E-state index in [0.717, 1.165) is 31.7 Å². The fourth-order valence-electron chi connectivity index (χ4n) is 11.3. The lowest BCUT2D eigenvalue weighted by Gasteiger charge is -2.39. The van der Waals surface area contributed by atoms with Crippen LogP contribution in [0.25, 0.3) is 21.9 Å². The summed E-state index contributed by atoms with van der Waals surface area (Å²) in [6, 6.07) is 20.6. The maximum atomic E-state index is 15.6. The van der Waals surface area contributed by atoms with Gasteiger partial charge in [-0.2, -0.15) is 0 Å². The Labute approximate surface area is 501 Å². The number of fused-ring (bicyclic) bond motifs is 2. The lowest BCUT2D eigenvalue weighted by molar-refractivity contribution is -0.177. The van der Waals surface area contributed by atoms with Gasteiger partial charge in [0.2, 0.25) is 41.4 Å². The maximum absolute atomic E-state index is 15.6. The van der Waals surface area contributed by atoms with Crippen molar-refractivity contribution in [2.75, 3.05) is 34.7 Å². The number of rotatable bonds is 12. The number of nitrogens with one attached hydrogen (secondary N) is 3. The van der Waals surface area contributed by atoms with Crippen LogP contribution in [-0.4, -0.2) is 178 Å². The third-order valence-electron chi connectivity index (χ3n) is 17.3. The van der Waals surface area contributed by atoms with E-state index in [1.54, 1.807) is 45.0 Å². The van der Waals surface area contributed by atoms with Gasteiger partial charge >= 0.3 is 5.97 Å². The largest absolute Gasteiger partial charge is 0.450 e. The third-order valence-corrected chi connectivity index (χ3v) is 17.3. The van der Waals surface area contributed by atoms with E-state index < -0.39 is 125 Å². The van der Waals surface area contributed by atoms with E-state index in [0.29, 0.717) is 30.4 Å². The second kappa shape index (κ2) is 28.9. The summed E-state index contributed by atoms with van der Waals surface area (Å²) in [7, 11) is 5.58. The Hall–Kier alpha value is -7.67. The van der Waals surface area contributed by atoms with E-state index in [9.17, 15) is 38.7 Å². The quantitative estimate of drug-likeness (QED) is 0.122. The Morgan fingerprint density at radius 2 is 1.14 bits per heavy atom. The van der Waals surface area contributed by atoms with Gasteiger partial charge < -0.3 is 50.3 Å². The van der Waals surface area contributed by atoms with Gasteiger partial charge in [0.25, 0.3) is 5.91 Å². The van der Waals surface area contributed by atoms with E-state index in [1.807, 2.05) is 87.5 Å². The predicted molar refractivity (Wildman–Crippen MR) is 326 cm³/mol. The molecule has 8 amide bonds. The Morgan fingerprint density at radius 1 is 0.576 bits per heavy atom. The van der Waals surface area contributed by atoms with Crippen molar-refractivity contribution in [2.45, 2.75) is 174 Å². The second-order valence-corrected chi connectivity index (χ2v) is 24.4. The Balaban J connectivity index is 1.48. The minimum atomic E-state index is -1.97. The molecule has 6 rings (SSSR count). The molecular weight excluding hydrogens is 1080 g/mol. The molecule has 4 aromatic carbocycles. The molecular formula is C66H90N8O11. The van der Waals surface area contributed by atoms with Crippen LogP contribution in [-0.2, 0) is 60.7 Å². The van der Waals surface area contributed by atoms with Crippen molar-refractivity contribution in [3.8, 4) is 11.1 Å². The van der Waals surface area contributed by atoms with Crippen LogP contribution in [0.3, 0.4) is 0 Å². The minimum absolute atomic E-state index is 0.00480. The molecule has 0 spiro atoms. The molecule has 19 heteroatoms. The Bertz CT molecular complexity index is 3050. The van der Waals surface area contributed by atoms with Crippen LogP contribution in [0.4, 0.5) is 0 Å². The number of carbonyl (C=O) groups is 9. The summed E-state index contributed by atoms with van der Waals surface area (Å²) in [6.45, 7) is 16.5. The average Bonchev–Trinajstić information content (AvgIpc) is 4.24. The highest BCUT2D eigenvalue weighted by atomic mass is 16.6. The molecule has 0 bridgehead atoms. The monoisotopic (exact) mass is 1170 g/mol. The molecule has 460 valence electrons. The minimum Gasteiger partial charge on any atom is -0.450 e. The van der Waals surface area contributed by atoms with Gasteiger partial charge in [0.1, 0.15) is 42.3 Å². The predicted octanol–water partition coefficient (Wildman–Crippen LogP) is 5.92. The summed E-state index contributed by atoms with van der Waals surface area (Å²) in [6.07, 6.45) is -0.0304. The van der Waals surface area contributed by atoms with Gasteiger partial charge in [-0.1, -0.05) is 139 Å². The zero-order valence-corrected chi connectivity index (χ0v) is 52.1. The number of carbonyl (C=O) groups excluding carboxylic acids is 9. The fourth-order valence-corrected chi connectivity index (χ4v) is 11.3. The van der Waals surface area contributed by atoms with Crippen molar-refractivity contribution in [3.05, 3.63) is 108 Å². The summed E-state index contributed by atoms with van der Waals surface area (Å²) < 4.78 is 6.03. The van der Waals surface area contributed by atoms with E-state index in [-0.39, 0.29) is 38.1 Å². The third kappa shape index (κ3) is 16.0. The number of hydrogen-bond donors (Lipinski definition) is 4. The molecule has 2 saturated heterocycles. The van der Waals surface area contributed by atoms with E-state index in [1.165, 1.54) is 70.6 Å². The van der Waals surface area contributed by atoms with Crippen LogP contribution >= 0.6 is 0 Å². The average molecular weight is 1170 g/mol. The van der Waals surface area contributed by atoms with Crippen LogP contribution < -0.4 is 16.0 Å². The van der Waals surface area contributed by atoms with Gasteiger partial charge in [0, 0.05) is 53.5 Å². The standard InChI is InChI=1S/C66H90N8O11/c1-15-40(5)54-63(81)70(11)42(7)57(75)67-50(34-39(3)4)61(79)73(14)56(66(9,10)84)65(83)85-55(41(6)16-2)64(82)71(12)43(8)58(76)68-51(36-44-24-18-17-19-25-44)60(78)72(13)53(62(80)74-33-23-30-52(74)59(77)69-54)37-45-26-22-29-47(35-45)49-32-31-46-27-20-21-28-48(46)38-49/h17-22,24-29,31-32,35,38-43,50-56,84H,15-16,23,30,33-34,36-37H2,1-14H3,(H,67,75)(H,68,76)(H,69,77)/t40?,41-,42+,43+,50?,51?,52?,53?,54?,55?,56?/m1/s1. The van der Waals surface area contributed by atoms with Crippen molar-refractivity contribution in [1.29, 1.82) is 0 Å². The van der Waals surface area contributed by atoms with Crippen LogP contribution in [0, 0.1) is 17.8 Å². The second-order valence-electron chi connectivity index (χ2n) is 24.4. The summed E-state index contributed by atoms with van der Waals surface area (Å²) in [5.41, 5.74) is 1.22. The van der Waals surface area contributed by atoms with Gasteiger partial charge in [0.05, 0.1) is 5.60 Å². The summed E-state index contributed by atoms with van der Waals surface area (Å²) >= 11 is 0. The molecule has 8 unspecified atom stereocenters. The Kier molecular flexibility index (Phi) is 22.6. The Morgan fingerprint density at radius 3 is 1.75 bits per heavy atom. The normalized spacial score (nSPS) is 25.3. The van der Waals surface area contributed by atoms with Crippen molar-refractivity contribution in [2.24, 2.45) is 17.8 Å². The highest BCUT2D eigenvalue weighted by Gasteiger charge is 2.47. The number of esters is 1. The first-order valence-corrected chi connectivity index (χ1v) is 29.9. The number of hydrogen-bond acceptors (Lipinski definition) is 11. The van der Waals surface area contributed by atoms with Crippen LogP contribution in [0.5, 0.6) is 0 Å². The van der Waals surface area contributed by atoms with Gasteiger partial charge in [-0.25, -0.2) is 4.79 Å². The van der Waals surface area contributed by atoms with Crippen molar-refractivity contribution in [3.63, 3.8) is 0 Å². The molecule has 2 aliphatic heterocycles. The molecule has 11 atom stereocenters. The molecule has 0 aliphatic carbocycles. The van der Waals surface area contributed by atoms with Gasteiger partial charge in [-0.15, -0.1) is 0 Å². The molecule has 2 aliphatic rings. The SMILES string of the molecule is CCC(C)C1NC(=O)C2CCCN2C(=O)C(Cc2cccc(-c3ccc4ccccc4c3)c2)N(C)C(=O)C(Cc2ccccc2)NC(=O)[C@H](C)N(C)C(=O)C([C@H](C)CC)OC(=O)C(C(C)(C)O)N(C)C(=O)C(CC(C)C)NC(=O)[C@H](C)N(C)C1=O. The zero-order chi connectivity index (χ0) is 62.8. The zero-order valence-electron chi connectivity index (χ0n) is 52.1. The first kappa shape index (κ1) is 66.5. The lowest BCUT2D eigenvalue weighted by atomic mass is 9.94. The van der Waals surface area contributed by atoms with Crippen LogP contribution in [0.1, 0.15) is 112 Å². The summed E-state index contributed by atoms with van der Waals surface area (Å²) in [4.78, 5) is 140.